The van der Waals surface area contributed by atoms with Gasteiger partial charge in [0.25, 0.3) is 0 Å². The van der Waals surface area contributed by atoms with Crippen LogP contribution in [0.5, 0.6) is 0 Å². The van der Waals surface area contributed by atoms with E-state index < -0.39 is 23.4 Å². The predicted octanol–water partition coefficient (Wildman–Crippen LogP) is 3.70. The standard InChI is InChI=1S/C16H22F3NO3/c1-15(2,3)23-14(22)20-10-12(8-9-21)11-4-6-13(7-5-11)16(17,18)19/h4-7,12,21H,8-10H2,1-3H3,(H,20,22). The average Bonchev–Trinajstić information content (AvgIpc) is 2.41. The molecule has 2 N–H and O–H groups in total. The zero-order valence-corrected chi connectivity index (χ0v) is 13.4. The minimum absolute atomic E-state index is 0.137. The fraction of sp³-hybridized carbons (Fsp3) is 0.562. The van der Waals surface area contributed by atoms with Crippen molar-refractivity contribution in [3.05, 3.63) is 35.4 Å². The van der Waals surface area contributed by atoms with Crippen molar-refractivity contribution in [3.63, 3.8) is 0 Å². The van der Waals surface area contributed by atoms with Crippen molar-refractivity contribution >= 4 is 6.09 Å². The maximum Gasteiger partial charge on any atom is 0.416 e. The lowest BCUT2D eigenvalue weighted by Crippen LogP contribution is -2.35. The van der Waals surface area contributed by atoms with E-state index in [1.807, 2.05) is 0 Å². The summed E-state index contributed by atoms with van der Waals surface area (Å²) in [5, 5.41) is 11.7. The maximum absolute atomic E-state index is 12.6. The van der Waals surface area contributed by atoms with Crippen LogP contribution < -0.4 is 5.32 Å². The van der Waals surface area contributed by atoms with E-state index in [2.05, 4.69) is 5.32 Å². The molecule has 1 aromatic rings. The Bertz CT molecular complexity index is 507. The molecule has 1 aromatic carbocycles. The Hall–Kier alpha value is -1.76. The molecule has 1 atom stereocenters. The lowest BCUT2D eigenvalue weighted by atomic mass is 9.95. The highest BCUT2D eigenvalue weighted by Crippen LogP contribution is 2.30. The molecule has 0 aromatic heterocycles. The summed E-state index contributed by atoms with van der Waals surface area (Å²) >= 11 is 0. The monoisotopic (exact) mass is 333 g/mol. The molecule has 0 fully saturated rings. The maximum atomic E-state index is 12.6. The normalized spacial score (nSPS) is 13.5. The molecule has 0 radical (unpaired) electrons. The van der Waals surface area contributed by atoms with E-state index in [9.17, 15) is 18.0 Å². The Balaban J connectivity index is 2.73. The number of nitrogens with one attached hydrogen (secondary N) is 1. The summed E-state index contributed by atoms with van der Waals surface area (Å²) in [7, 11) is 0. The van der Waals surface area contributed by atoms with E-state index in [1.54, 1.807) is 20.8 Å². The van der Waals surface area contributed by atoms with Gasteiger partial charge in [0.1, 0.15) is 5.60 Å². The van der Waals surface area contributed by atoms with Crippen LogP contribution in [-0.2, 0) is 10.9 Å². The second-order valence-corrected chi connectivity index (χ2v) is 6.21. The van der Waals surface area contributed by atoms with Gasteiger partial charge in [-0.2, -0.15) is 13.2 Å². The zero-order chi connectivity index (χ0) is 17.7. The molecular weight excluding hydrogens is 311 g/mol. The molecule has 0 saturated heterocycles. The first-order valence-corrected chi connectivity index (χ1v) is 7.28. The number of alkyl carbamates (subject to hydrolysis) is 1. The smallest absolute Gasteiger partial charge is 0.416 e. The molecule has 0 heterocycles. The van der Waals surface area contributed by atoms with E-state index in [1.165, 1.54) is 12.1 Å². The van der Waals surface area contributed by atoms with Crippen molar-refractivity contribution in [1.82, 2.24) is 5.32 Å². The third kappa shape index (κ3) is 6.90. The summed E-state index contributed by atoms with van der Waals surface area (Å²) < 4.78 is 42.8. The summed E-state index contributed by atoms with van der Waals surface area (Å²) in [6.07, 6.45) is -4.67. The highest BCUT2D eigenvalue weighted by Gasteiger charge is 2.30. The zero-order valence-electron chi connectivity index (χ0n) is 13.4. The van der Waals surface area contributed by atoms with Crippen molar-refractivity contribution < 1.29 is 27.8 Å². The van der Waals surface area contributed by atoms with Gasteiger partial charge in [0, 0.05) is 19.1 Å². The Labute approximate surface area is 133 Å². The van der Waals surface area contributed by atoms with Gasteiger partial charge in [-0.1, -0.05) is 12.1 Å². The summed E-state index contributed by atoms with van der Waals surface area (Å²) in [5.41, 5.74) is -0.752. The number of carbonyl (C=O) groups excluding carboxylic acids is 1. The van der Waals surface area contributed by atoms with Crippen LogP contribution in [0.4, 0.5) is 18.0 Å². The van der Waals surface area contributed by atoms with Gasteiger partial charge in [-0.3, -0.25) is 0 Å². The fourth-order valence-corrected chi connectivity index (χ4v) is 2.01. The van der Waals surface area contributed by atoms with Crippen molar-refractivity contribution in [1.29, 1.82) is 0 Å². The molecule has 0 bridgehead atoms. The number of halogens is 3. The molecule has 23 heavy (non-hydrogen) atoms. The van der Waals surface area contributed by atoms with Crippen molar-refractivity contribution in [3.8, 4) is 0 Å². The van der Waals surface area contributed by atoms with Crippen LogP contribution in [0.15, 0.2) is 24.3 Å². The highest BCUT2D eigenvalue weighted by atomic mass is 19.4. The third-order valence-electron chi connectivity index (χ3n) is 3.08. The minimum atomic E-state index is -4.39. The Morgan fingerprint density at radius 2 is 1.78 bits per heavy atom. The number of rotatable bonds is 5. The summed E-state index contributed by atoms with van der Waals surface area (Å²) in [5.74, 6) is -0.296. The first kappa shape index (κ1) is 19.3. The van der Waals surface area contributed by atoms with Crippen LogP contribution in [0.1, 0.15) is 44.2 Å². The van der Waals surface area contributed by atoms with Crippen molar-refractivity contribution in [2.75, 3.05) is 13.2 Å². The SMILES string of the molecule is CC(C)(C)OC(=O)NCC(CCO)c1ccc(C(F)(F)F)cc1. The van der Waals surface area contributed by atoms with E-state index >= 15 is 0 Å². The fourth-order valence-electron chi connectivity index (χ4n) is 2.01. The second kappa shape index (κ2) is 7.68. The molecule has 1 rings (SSSR count). The molecule has 0 aliphatic heterocycles. The van der Waals surface area contributed by atoms with Crippen molar-refractivity contribution in [2.45, 2.75) is 44.9 Å². The molecule has 130 valence electrons. The lowest BCUT2D eigenvalue weighted by Gasteiger charge is -2.22. The largest absolute Gasteiger partial charge is 0.444 e. The average molecular weight is 333 g/mol. The molecule has 0 aliphatic rings. The number of aliphatic hydroxyl groups is 1. The summed E-state index contributed by atoms with van der Waals surface area (Å²) in [4.78, 5) is 11.6. The topological polar surface area (TPSA) is 58.6 Å². The van der Waals surface area contributed by atoms with Crippen LogP contribution in [0.3, 0.4) is 0 Å². The van der Waals surface area contributed by atoms with Crippen LogP contribution in [-0.4, -0.2) is 30.0 Å². The highest BCUT2D eigenvalue weighted by molar-refractivity contribution is 5.67. The van der Waals surface area contributed by atoms with E-state index in [4.69, 9.17) is 9.84 Å². The number of carbonyl (C=O) groups is 1. The summed E-state index contributed by atoms with van der Waals surface area (Å²) in [6.45, 7) is 5.22. The summed E-state index contributed by atoms with van der Waals surface area (Å²) in [6, 6.07) is 4.71. The van der Waals surface area contributed by atoms with Gasteiger partial charge < -0.3 is 15.2 Å². The van der Waals surface area contributed by atoms with Gasteiger partial charge in [-0.05, 0) is 44.9 Å². The number of hydrogen-bond acceptors (Lipinski definition) is 3. The van der Waals surface area contributed by atoms with Crippen molar-refractivity contribution in [2.24, 2.45) is 0 Å². The molecule has 7 heteroatoms. The number of amides is 1. The number of ether oxygens (including phenoxy) is 1. The molecular formula is C16H22F3NO3. The first-order chi connectivity index (χ1) is 10.5. The third-order valence-corrected chi connectivity index (χ3v) is 3.08. The van der Waals surface area contributed by atoms with E-state index in [0.29, 0.717) is 12.0 Å². The Morgan fingerprint density at radius 3 is 2.22 bits per heavy atom. The van der Waals surface area contributed by atoms with E-state index in [0.717, 1.165) is 12.1 Å². The minimum Gasteiger partial charge on any atom is -0.444 e. The van der Waals surface area contributed by atoms with Crippen LogP contribution in [0.25, 0.3) is 0 Å². The Kier molecular flexibility index (Phi) is 6.44. The quantitative estimate of drug-likeness (QED) is 0.864. The number of alkyl halides is 3. The molecule has 4 nitrogen and oxygen atoms in total. The number of aliphatic hydroxyl groups excluding tert-OH is 1. The first-order valence-electron chi connectivity index (χ1n) is 7.28. The van der Waals surface area contributed by atoms with Gasteiger partial charge in [0.2, 0.25) is 0 Å². The molecule has 1 unspecified atom stereocenters. The number of hydrogen-bond donors (Lipinski definition) is 2. The van der Waals surface area contributed by atoms with Crippen LogP contribution >= 0.6 is 0 Å². The lowest BCUT2D eigenvalue weighted by molar-refractivity contribution is -0.137. The van der Waals surface area contributed by atoms with Gasteiger partial charge in [-0.15, -0.1) is 0 Å². The van der Waals surface area contributed by atoms with Gasteiger partial charge >= 0.3 is 12.3 Å². The van der Waals surface area contributed by atoms with Crippen LogP contribution in [0, 0.1) is 0 Å². The molecule has 0 aliphatic carbocycles. The number of benzene rings is 1. The van der Waals surface area contributed by atoms with Gasteiger partial charge in [0.15, 0.2) is 0 Å². The van der Waals surface area contributed by atoms with Gasteiger partial charge in [0.05, 0.1) is 5.56 Å². The van der Waals surface area contributed by atoms with Crippen LogP contribution in [0.2, 0.25) is 0 Å². The van der Waals surface area contributed by atoms with Gasteiger partial charge in [-0.25, -0.2) is 4.79 Å². The predicted molar refractivity (Wildman–Crippen MR) is 80.1 cm³/mol. The Morgan fingerprint density at radius 1 is 1.22 bits per heavy atom. The molecule has 0 spiro atoms. The second-order valence-electron chi connectivity index (χ2n) is 6.21. The van der Waals surface area contributed by atoms with E-state index in [-0.39, 0.29) is 19.1 Å². The molecule has 1 amide bonds. The molecule has 0 saturated carbocycles.